The number of Topliss-reactive ketones (excluding diaryl/α,β-unsaturated/α-hetero) is 1. The number of ketones is 2. The van der Waals surface area contributed by atoms with E-state index in [0.29, 0.717) is 17.2 Å². The van der Waals surface area contributed by atoms with E-state index < -0.39 is 59.0 Å². The smallest absolute Gasteiger partial charge is 0.433 e. The second kappa shape index (κ2) is 11.5. The number of aromatic hydroxyl groups is 1. The Balaban J connectivity index is 1.39. The number of halogens is 5. The SMILES string of the molecule is COc1cc(C=C[C@H]2C3=CC[C@@H]4C(=O)N(N(C)c5nc(C(F)(F)F)ccc5Cl)C(=O)[C@@H]4[C@@H]3CC3=C2C(=O)C=C(Br)C3=O)ccc1O. The minimum Gasteiger partial charge on any atom is -0.504 e. The molecule has 1 fully saturated rings. The third kappa shape index (κ3) is 5.15. The number of methoxy groups -OCH3 is 1. The van der Waals surface area contributed by atoms with Crippen molar-refractivity contribution in [3.05, 3.63) is 86.0 Å². The number of nitrogens with zero attached hydrogens (tertiary/aromatic N) is 3. The number of alkyl halides is 3. The lowest BCUT2D eigenvalue weighted by atomic mass is 9.61. The summed E-state index contributed by atoms with van der Waals surface area (Å²) in [6.07, 6.45) is 1.79. The maximum Gasteiger partial charge on any atom is 0.433 e. The monoisotopic (exact) mass is 717 g/mol. The first-order valence-corrected chi connectivity index (χ1v) is 15.2. The molecule has 0 radical (unpaired) electrons. The van der Waals surface area contributed by atoms with Crippen LogP contribution in [0, 0.1) is 23.7 Å². The molecular formula is C32H24BrClF3N3O6. The summed E-state index contributed by atoms with van der Waals surface area (Å²) in [6.45, 7) is 0. The zero-order valence-electron chi connectivity index (χ0n) is 24.1. The number of carbonyl (C=O) groups excluding carboxylic acids is 4. The third-order valence-corrected chi connectivity index (χ3v) is 9.65. The number of rotatable bonds is 5. The first kappa shape index (κ1) is 31.7. The van der Waals surface area contributed by atoms with Gasteiger partial charge < -0.3 is 9.84 Å². The van der Waals surface area contributed by atoms with Gasteiger partial charge in [-0.05, 0) is 64.5 Å². The van der Waals surface area contributed by atoms with E-state index in [9.17, 15) is 37.5 Å². The number of ether oxygens (including phenoxy) is 1. The molecule has 0 unspecified atom stereocenters. The Morgan fingerprint density at radius 3 is 2.57 bits per heavy atom. The number of allylic oxidation sites excluding steroid dienone is 7. The lowest BCUT2D eigenvalue weighted by Gasteiger charge is -2.41. The predicted octanol–water partition coefficient (Wildman–Crippen LogP) is 5.83. The first-order chi connectivity index (χ1) is 21.7. The van der Waals surface area contributed by atoms with Gasteiger partial charge in [-0.2, -0.15) is 18.2 Å². The molecule has 14 heteroatoms. The van der Waals surface area contributed by atoms with E-state index in [1.165, 1.54) is 26.3 Å². The van der Waals surface area contributed by atoms with Gasteiger partial charge in [0.25, 0.3) is 11.8 Å². The fourth-order valence-electron chi connectivity index (χ4n) is 6.68. The zero-order valence-corrected chi connectivity index (χ0v) is 26.5. The van der Waals surface area contributed by atoms with Gasteiger partial charge in [-0.25, -0.2) is 4.98 Å². The van der Waals surface area contributed by atoms with Crippen LogP contribution in [0.2, 0.25) is 5.02 Å². The van der Waals surface area contributed by atoms with Crippen LogP contribution in [-0.2, 0) is 25.4 Å². The molecule has 9 nitrogen and oxygen atoms in total. The summed E-state index contributed by atoms with van der Waals surface area (Å²) in [7, 11) is 2.64. The molecule has 0 saturated carbocycles. The maximum atomic E-state index is 14.1. The molecular weight excluding hydrogens is 695 g/mol. The summed E-state index contributed by atoms with van der Waals surface area (Å²) in [5, 5.41) is 11.5. The number of aromatic nitrogens is 1. The number of hydrogen-bond acceptors (Lipinski definition) is 8. The molecule has 6 rings (SSSR count). The van der Waals surface area contributed by atoms with Crippen molar-refractivity contribution >= 4 is 62.8 Å². The highest BCUT2D eigenvalue weighted by molar-refractivity contribution is 9.12. The molecule has 2 heterocycles. The zero-order chi connectivity index (χ0) is 33.2. The van der Waals surface area contributed by atoms with Crippen molar-refractivity contribution in [2.45, 2.75) is 19.0 Å². The maximum absolute atomic E-state index is 14.1. The molecule has 0 spiro atoms. The van der Waals surface area contributed by atoms with Crippen molar-refractivity contribution in [3.63, 3.8) is 0 Å². The summed E-state index contributed by atoms with van der Waals surface area (Å²) in [5.41, 5.74) is 0.544. The van der Waals surface area contributed by atoms with Gasteiger partial charge in [0.15, 0.2) is 28.9 Å². The van der Waals surface area contributed by atoms with Gasteiger partial charge in [-0.1, -0.05) is 41.5 Å². The molecule has 2 amide bonds. The number of amides is 2. The van der Waals surface area contributed by atoms with Gasteiger partial charge in [-0.15, -0.1) is 0 Å². The van der Waals surface area contributed by atoms with Crippen LogP contribution in [0.3, 0.4) is 0 Å². The van der Waals surface area contributed by atoms with Crippen LogP contribution in [-0.4, -0.2) is 52.6 Å². The van der Waals surface area contributed by atoms with Crippen LogP contribution < -0.4 is 9.75 Å². The van der Waals surface area contributed by atoms with Crippen molar-refractivity contribution in [2.24, 2.45) is 23.7 Å². The third-order valence-electron chi connectivity index (χ3n) is 8.77. The second-order valence-corrected chi connectivity index (χ2v) is 12.5. The molecule has 238 valence electrons. The minimum atomic E-state index is -4.79. The molecule has 4 aliphatic rings. The van der Waals surface area contributed by atoms with Gasteiger partial charge in [0, 0.05) is 30.2 Å². The molecule has 46 heavy (non-hydrogen) atoms. The van der Waals surface area contributed by atoms with Crippen molar-refractivity contribution in [1.29, 1.82) is 0 Å². The lowest BCUT2D eigenvalue weighted by molar-refractivity contribution is -0.141. The number of pyridine rings is 1. The standard InChI is InChI=1S/C32H24BrClF3N3O6/c1-39(29-21(34)8-10-25(38-29)32(35,36)37)40-30(44)17-7-6-15-16(5-3-14-4-9-22(41)24(11-14)46-2)26-19(12-18(15)27(17)31(40)45)28(43)20(33)13-23(26)42/h3-6,8-11,13,16-18,27,41H,7,12H2,1-2H3/t16-,17-,18+,27-/m0/s1. The summed E-state index contributed by atoms with van der Waals surface area (Å²) in [5.74, 6) is -5.59. The van der Waals surface area contributed by atoms with Crippen LogP contribution in [0.5, 0.6) is 11.5 Å². The minimum absolute atomic E-state index is 0.00631. The molecule has 0 bridgehead atoms. The number of carbonyl (C=O) groups is 4. The van der Waals surface area contributed by atoms with Crippen LogP contribution in [0.4, 0.5) is 19.0 Å². The summed E-state index contributed by atoms with van der Waals surface area (Å²) in [6, 6.07) is 6.38. The number of imide groups is 1. The predicted molar refractivity (Wildman–Crippen MR) is 164 cm³/mol. The molecule has 1 aromatic heterocycles. The van der Waals surface area contributed by atoms with E-state index in [4.69, 9.17) is 16.3 Å². The quantitative estimate of drug-likeness (QED) is 0.234. The Morgan fingerprint density at radius 1 is 1.13 bits per heavy atom. The summed E-state index contributed by atoms with van der Waals surface area (Å²) >= 11 is 9.36. The molecule has 1 aliphatic heterocycles. The normalized spacial score (nSPS) is 24.5. The Bertz CT molecular complexity index is 1850. The first-order valence-electron chi connectivity index (χ1n) is 14.0. The number of fused-ring (bicyclic) bond motifs is 3. The lowest BCUT2D eigenvalue weighted by Crippen LogP contribution is -2.46. The van der Waals surface area contributed by atoms with Gasteiger partial charge in [0.2, 0.25) is 0 Å². The number of phenolic OH excluding ortho intramolecular Hbond substituents is 1. The molecule has 2 aromatic rings. The fraction of sp³-hybridized carbons (Fsp3) is 0.281. The van der Waals surface area contributed by atoms with Crippen molar-refractivity contribution in [2.75, 3.05) is 19.2 Å². The number of anilines is 1. The molecule has 1 N–H and O–H groups in total. The van der Waals surface area contributed by atoms with E-state index in [1.807, 2.05) is 0 Å². The largest absolute Gasteiger partial charge is 0.504 e. The molecule has 3 aliphatic carbocycles. The summed E-state index contributed by atoms with van der Waals surface area (Å²) in [4.78, 5) is 58.1. The number of phenols is 1. The van der Waals surface area contributed by atoms with Gasteiger partial charge in [0.05, 0.1) is 28.5 Å². The van der Waals surface area contributed by atoms with Gasteiger partial charge in [0.1, 0.15) is 5.69 Å². The number of hydrogen-bond donors (Lipinski definition) is 1. The second-order valence-electron chi connectivity index (χ2n) is 11.2. The van der Waals surface area contributed by atoms with E-state index >= 15 is 0 Å². The van der Waals surface area contributed by atoms with E-state index in [-0.39, 0.29) is 50.8 Å². The molecule has 1 saturated heterocycles. The topological polar surface area (TPSA) is 117 Å². The summed E-state index contributed by atoms with van der Waals surface area (Å²) < 4.78 is 45.6. The molecule has 4 atom stereocenters. The number of hydrazine groups is 1. The van der Waals surface area contributed by atoms with Crippen LogP contribution in [0.25, 0.3) is 6.08 Å². The average Bonchev–Trinajstić information content (AvgIpc) is 3.27. The Labute approximate surface area is 273 Å². The fourth-order valence-corrected chi connectivity index (χ4v) is 7.35. The van der Waals surface area contributed by atoms with Crippen molar-refractivity contribution < 1.29 is 42.2 Å². The highest BCUT2D eigenvalue weighted by atomic mass is 79.9. The van der Waals surface area contributed by atoms with Crippen molar-refractivity contribution in [1.82, 2.24) is 9.99 Å². The van der Waals surface area contributed by atoms with Crippen LogP contribution >= 0.6 is 27.5 Å². The van der Waals surface area contributed by atoms with Gasteiger partial charge in [-0.3, -0.25) is 24.2 Å². The van der Waals surface area contributed by atoms with E-state index in [2.05, 4.69) is 20.9 Å². The van der Waals surface area contributed by atoms with Crippen molar-refractivity contribution in [3.8, 4) is 11.5 Å². The Kier molecular flexibility index (Phi) is 7.96. The van der Waals surface area contributed by atoms with Crippen LogP contribution in [0.15, 0.2) is 69.8 Å². The highest BCUT2D eigenvalue weighted by Gasteiger charge is 2.57. The van der Waals surface area contributed by atoms with Gasteiger partial charge >= 0.3 is 6.18 Å². The van der Waals surface area contributed by atoms with E-state index in [1.54, 1.807) is 30.4 Å². The average molecular weight is 719 g/mol. The van der Waals surface area contributed by atoms with Crippen LogP contribution in [0.1, 0.15) is 24.1 Å². The number of benzene rings is 1. The highest BCUT2D eigenvalue weighted by Crippen LogP contribution is 2.53. The van der Waals surface area contributed by atoms with E-state index in [0.717, 1.165) is 16.1 Å². The molecule has 1 aromatic carbocycles. The Hall–Kier alpha value is -4.23. The Morgan fingerprint density at radius 2 is 1.87 bits per heavy atom.